The number of hydrogen-bond acceptors (Lipinski definition) is 3. The zero-order valence-electron chi connectivity index (χ0n) is 9.01. The standard InChI is InChI=1S/C11H8F2IN3O/c12-7-2-1-6(3-8(7)13)4-15-10-9(14)11(18)17-5-16-10/h1-3,5H,4H2,(H2,15,16,17,18). The molecule has 18 heavy (non-hydrogen) atoms. The van der Waals surface area contributed by atoms with E-state index in [-0.39, 0.29) is 12.1 Å². The van der Waals surface area contributed by atoms with Crippen LogP contribution in [0.25, 0.3) is 0 Å². The Hall–Kier alpha value is -1.51. The van der Waals surface area contributed by atoms with Crippen molar-refractivity contribution in [2.24, 2.45) is 0 Å². The lowest BCUT2D eigenvalue weighted by Gasteiger charge is -2.07. The lowest BCUT2D eigenvalue weighted by molar-refractivity contribution is 0.507. The summed E-state index contributed by atoms with van der Waals surface area (Å²) in [5, 5.41) is 2.89. The number of nitrogens with one attached hydrogen (secondary N) is 2. The fourth-order valence-electron chi connectivity index (χ4n) is 1.34. The van der Waals surface area contributed by atoms with Crippen molar-refractivity contribution in [1.82, 2.24) is 9.97 Å². The van der Waals surface area contributed by atoms with Crippen LogP contribution in [-0.4, -0.2) is 9.97 Å². The Kier molecular flexibility index (Phi) is 3.90. The fraction of sp³-hybridized carbons (Fsp3) is 0.0909. The minimum Gasteiger partial charge on any atom is -0.365 e. The maximum atomic E-state index is 13.0. The van der Waals surface area contributed by atoms with Crippen LogP contribution in [0.2, 0.25) is 0 Å². The predicted molar refractivity (Wildman–Crippen MR) is 71.3 cm³/mol. The molecule has 4 nitrogen and oxygen atoms in total. The van der Waals surface area contributed by atoms with Gasteiger partial charge in [-0.3, -0.25) is 4.79 Å². The average Bonchev–Trinajstić information content (AvgIpc) is 2.35. The summed E-state index contributed by atoms with van der Waals surface area (Å²) in [7, 11) is 0. The first-order valence-corrected chi connectivity index (χ1v) is 6.07. The molecule has 0 saturated carbocycles. The van der Waals surface area contributed by atoms with Crippen LogP contribution in [0.4, 0.5) is 14.6 Å². The molecule has 0 bridgehead atoms. The molecule has 0 aliphatic heterocycles. The number of aromatic amines is 1. The van der Waals surface area contributed by atoms with Crippen LogP contribution in [0.3, 0.4) is 0 Å². The maximum Gasteiger partial charge on any atom is 0.266 e. The molecule has 94 valence electrons. The molecular weight excluding hydrogens is 355 g/mol. The van der Waals surface area contributed by atoms with E-state index < -0.39 is 11.6 Å². The third-order valence-electron chi connectivity index (χ3n) is 2.24. The van der Waals surface area contributed by atoms with Crippen LogP contribution >= 0.6 is 22.6 Å². The Morgan fingerprint density at radius 2 is 2.11 bits per heavy atom. The Bertz CT molecular complexity index is 630. The number of anilines is 1. The first kappa shape index (κ1) is 12.9. The second-order valence-electron chi connectivity index (χ2n) is 3.50. The van der Waals surface area contributed by atoms with E-state index in [1.165, 1.54) is 12.4 Å². The van der Waals surface area contributed by atoms with Crippen LogP contribution in [0.5, 0.6) is 0 Å². The highest BCUT2D eigenvalue weighted by Gasteiger charge is 2.06. The summed E-state index contributed by atoms with van der Waals surface area (Å²) < 4.78 is 26.1. The molecule has 1 aromatic heterocycles. The van der Waals surface area contributed by atoms with Gasteiger partial charge in [-0.2, -0.15) is 0 Å². The first-order chi connectivity index (χ1) is 8.58. The van der Waals surface area contributed by atoms with Gasteiger partial charge in [-0.1, -0.05) is 6.07 Å². The first-order valence-electron chi connectivity index (χ1n) is 4.99. The molecule has 0 aliphatic carbocycles. The number of aromatic nitrogens is 2. The number of rotatable bonds is 3. The quantitative estimate of drug-likeness (QED) is 0.823. The molecule has 2 rings (SSSR count). The Labute approximate surface area is 115 Å². The van der Waals surface area contributed by atoms with Crippen LogP contribution in [0, 0.1) is 15.2 Å². The Morgan fingerprint density at radius 1 is 1.33 bits per heavy atom. The van der Waals surface area contributed by atoms with Gasteiger partial charge in [-0.15, -0.1) is 0 Å². The second-order valence-corrected chi connectivity index (χ2v) is 4.58. The number of hydrogen-bond donors (Lipinski definition) is 2. The lowest BCUT2D eigenvalue weighted by atomic mass is 10.2. The van der Waals surface area contributed by atoms with Crippen molar-refractivity contribution < 1.29 is 8.78 Å². The van der Waals surface area contributed by atoms with Crippen LogP contribution in [0.15, 0.2) is 29.3 Å². The van der Waals surface area contributed by atoms with Gasteiger partial charge in [0.15, 0.2) is 11.6 Å². The molecule has 2 N–H and O–H groups in total. The van der Waals surface area contributed by atoms with Gasteiger partial charge in [0.25, 0.3) is 5.56 Å². The number of nitrogens with zero attached hydrogens (tertiary/aromatic N) is 1. The van der Waals surface area contributed by atoms with E-state index in [0.717, 1.165) is 12.1 Å². The van der Waals surface area contributed by atoms with Crippen LogP contribution < -0.4 is 10.9 Å². The zero-order chi connectivity index (χ0) is 13.1. The van der Waals surface area contributed by atoms with Gasteiger partial charge < -0.3 is 10.3 Å². The SMILES string of the molecule is O=c1[nH]cnc(NCc2ccc(F)c(F)c2)c1I. The second kappa shape index (κ2) is 5.42. The van der Waals surface area contributed by atoms with Crippen LogP contribution in [-0.2, 0) is 6.54 Å². The van der Waals surface area contributed by atoms with Gasteiger partial charge in [0.1, 0.15) is 9.39 Å². The van der Waals surface area contributed by atoms with E-state index in [1.807, 2.05) is 22.6 Å². The molecule has 0 saturated heterocycles. The normalized spacial score (nSPS) is 10.4. The molecule has 1 aromatic carbocycles. The number of halogens is 3. The van der Waals surface area contributed by atoms with Gasteiger partial charge in [-0.25, -0.2) is 13.8 Å². The fourth-order valence-corrected chi connectivity index (χ4v) is 1.83. The van der Waals surface area contributed by atoms with Gasteiger partial charge in [-0.05, 0) is 40.3 Å². The molecule has 2 aromatic rings. The largest absolute Gasteiger partial charge is 0.365 e. The van der Waals surface area contributed by atoms with Crippen molar-refractivity contribution in [2.45, 2.75) is 6.54 Å². The van der Waals surface area contributed by atoms with E-state index >= 15 is 0 Å². The third-order valence-corrected chi connectivity index (χ3v) is 3.24. The maximum absolute atomic E-state index is 13.0. The topological polar surface area (TPSA) is 57.8 Å². The molecule has 7 heteroatoms. The molecule has 0 radical (unpaired) electrons. The number of H-pyrrole nitrogens is 1. The summed E-state index contributed by atoms with van der Waals surface area (Å²) in [4.78, 5) is 17.7. The van der Waals surface area contributed by atoms with Gasteiger partial charge in [0.2, 0.25) is 0 Å². The van der Waals surface area contributed by atoms with Crippen molar-refractivity contribution >= 4 is 28.4 Å². The van der Waals surface area contributed by atoms with Gasteiger partial charge in [0, 0.05) is 6.54 Å². The highest BCUT2D eigenvalue weighted by atomic mass is 127. The lowest BCUT2D eigenvalue weighted by Crippen LogP contribution is -2.14. The summed E-state index contributed by atoms with van der Waals surface area (Å²) in [5.41, 5.74) is 0.310. The van der Waals surface area contributed by atoms with Gasteiger partial charge in [0.05, 0.1) is 6.33 Å². The minimum absolute atomic E-state index is 0.251. The van der Waals surface area contributed by atoms with E-state index in [4.69, 9.17) is 0 Å². The van der Waals surface area contributed by atoms with Crippen LogP contribution in [0.1, 0.15) is 5.56 Å². The average molecular weight is 363 g/mol. The number of benzene rings is 1. The van der Waals surface area contributed by atoms with Gasteiger partial charge >= 0.3 is 0 Å². The summed E-state index contributed by atoms with van der Waals surface area (Å²) in [5.74, 6) is -1.38. The summed E-state index contributed by atoms with van der Waals surface area (Å²) in [6.45, 7) is 0.254. The van der Waals surface area contributed by atoms with Crippen molar-refractivity contribution in [3.8, 4) is 0 Å². The minimum atomic E-state index is -0.900. The predicted octanol–water partition coefficient (Wildman–Crippen LogP) is 2.26. The monoisotopic (exact) mass is 363 g/mol. The molecule has 0 spiro atoms. The Balaban J connectivity index is 2.14. The molecule has 0 fully saturated rings. The molecule has 0 unspecified atom stereocenters. The highest BCUT2D eigenvalue weighted by Crippen LogP contribution is 2.13. The molecular formula is C11H8F2IN3O. The smallest absolute Gasteiger partial charge is 0.266 e. The van der Waals surface area contributed by atoms with E-state index in [1.54, 1.807) is 0 Å². The van der Waals surface area contributed by atoms with E-state index in [9.17, 15) is 13.6 Å². The van der Waals surface area contributed by atoms with Crippen molar-refractivity contribution in [2.75, 3.05) is 5.32 Å². The van der Waals surface area contributed by atoms with Crippen molar-refractivity contribution in [3.63, 3.8) is 0 Å². The summed E-state index contributed by atoms with van der Waals surface area (Å²) >= 11 is 1.86. The Morgan fingerprint density at radius 3 is 2.83 bits per heavy atom. The molecule has 0 aliphatic rings. The van der Waals surface area contributed by atoms with Crippen molar-refractivity contribution in [3.05, 3.63) is 55.6 Å². The van der Waals surface area contributed by atoms with E-state index in [2.05, 4.69) is 15.3 Å². The summed E-state index contributed by atoms with van der Waals surface area (Å²) in [6.07, 6.45) is 1.28. The molecule has 0 amide bonds. The zero-order valence-corrected chi connectivity index (χ0v) is 11.2. The highest BCUT2D eigenvalue weighted by molar-refractivity contribution is 14.1. The van der Waals surface area contributed by atoms with E-state index in [0.29, 0.717) is 15.0 Å². The third kappa shape index (κ3) is 2.84. The summed E-state index contributed by atoms with van der Waals surface area (Å²) in [6, 6.07) is 3.62. The van der Waals surface area contributed by atoms with Crippen molar-refractivity contribution in [1.29, 1.82) is 0 Å². The molecule has 0 atom stereocenters. The molecule has 1 heterocycles.